The molecule has 0 saturated carbocycles. The largest absolute Gasteiger partial charge is 0.462 e. The third-order valence-electron chi connectivity index (χ3n) is 4.86. The lowest BCUT2D eigenvalue weighted by atomic mass is 10.0. The van der Waals surface area contributed by atoms with Gasteiger partial charge in [-0.2, -0.15) is 0 Å². The van der Waals surface area contributed by atoms with Gasteiger partial charge in [-0.15, -0.1) is 0 Å². The van der Waals surface area contributed by atoms with Gasteiger partial charge in [-0.3, -0.25) is 10.1 Å². The highest BCUT2D eigenvalue weighted by Crippen LogP contribution is 2.31. The number of esters is 1. The van der Waals surface area contributed by atoms with Gasteiger partial charge >= 0.3 is 5.97 Å². The molecule has 2 heterocycles. The molecule has 32 heavy (non-hydrogen) atoms. The summed E-state index contributed by atoms with van der Waals surface area (Å²) in [7, 11) is 0. The number of aryl methyl sites for hydroxylation is 2. The van der Waals surface area contributed by atoms with Crippen LogP contribution in [0.1, 0.15) is 34.1 Å². The van der Waals surface area contributed by atoms with Gasteiger partial charge in [0.05, 0.1) is 13.0 Å². The summed E-state index contributed by atoms with van der Waals surface area (Å²) in [4.78, 5) is 25.4. The van der Waals surface area contributed by atoms with E-state index in [1.54, 1.807) is 31.2 Å². The van der Waals surface area contributed by atoms with Gasteiger partial charge in [0.15, 0.2) is 11.1 Å². The summed E-state index contributed by atoms with van der Waals surface area (Å²) < 4.78 is 15.8. The van der Waals surface area contributed by atoms with E-state index >= 15 is 0 Å². The van der Waals surface area contributed by atoms with Crippen molar-refractivity contribution >= 4 is 40.3 Å². The second-order valence-electron chi connectivity index (χ2n) is 7.27. The van der Waals surface area contributed by atoms with Crippen molar-refractivity contribution < 1.29 is 23.4 Å². The van der Waals surface area contributed by atoms with Crippen LogP contribution in [0.4, 0.5) is 5.88 Å². The molecular weight excluding hydrogens is 434 g/mol. The van der Waals surface area contributed by atoms with Crippen molar-refractivity contribution in [2.24, 2.45) is 0 Å². The number of halogens is 1. The smallest absolute Gasteiger partial charge is 0.346 e. The van der Waals surface area contributed by atoms with Gasteiger partial charge in [0.1, 0.15) is 11.4 Å². The number of nitrogens with zero attached hydrogens (tertiary/aromatic N) is 2. The quantitative estimate of drug-likeness (QED) is 0.404. The highest BCUT2D eigenvalue weighted by molar-refractivity contribution is 6.30. The highest BCUT2D eigenvalue weighted by atomic mass is 35.5. The molecule has 4 aromatic rings. The molecule has 8 nitrogen and oxygen atoms in total. The number of amides is 1. The van der Waals surface area contributed by atoms with Crippen molar-refractivity contribution in [2.45, 2.75) is 27.2 Å². The van der Waals surface area contributed by atoms with Gasteiger partial charge in [0, 0.05) is 16.0 Å². The Morgan fingerprint density at radius 1 is 1.09 bits per heavy atom. The summed E-state index contributed by atoms with van der Waals surface area (Å²) in [6, 6.07) is 10.6. The molecule has 1 amide bonds. The first-order valence-corrected chi connectivity index (χ1v) is 10.3. The van der Waals surface area contributed by atoms with Crippen LogP contribution >= 0.6 is 11.6 Å². The lowest BCUT2D eigenvalue weighted by Crippen LogP contribution is -2.17. The van der Waals surface area contributed by atoms with Gasteiger partial charge in [-0.1, -0.05) is 40.1 Å². The topological polar surface area (TPSA) is 107 Å². The molecule has 0 saturated heterocycles. The fourth-order valence-electron chi connectivity index (χ4n) is 3.54. The Balaban J connectivity index is 1.63. The average Bonchev–Trinajstić information content (AvgIpc) is 3.33. The normalized spacial score (nSPS) is 11.0. The highest BCUT2D eigenvalue weighted by Gasteiger charge is 2.27. The minimum absolute atomic E-state index is 0.0272. The van der Waals surface area contributed by atoms with E-state index in [1.165, 1.54) is 0 Å². The van der Waals surface area contributed by atoms with E-state index in [-0.39, 0.29) is 30.2 Å². The van der Waals surface area contributed by atoms with Crippen molar-refractivity contribution in [3.8, 4) is 11.3 Å². The van der Waals surface area contributed by atoms with E-state index in [0.29, 0.717) is 21.9 Å². The lowest BCUT2D eigenvalue weighted by Gasteiger charge is -2.06. The van der Waals surface area contributed by atoms with Crippen molar-refractivity contribution in [3.63, 3.8) is 0 Å². The zero-order valence-electron chi connectivity index (χ0n) is 17.7. The zero-order valence-corrected chi connectivity index (χ0v) is 18.4. The fraction of sp³-hybridized carbons (Fsp3) is 0.217. The number of anilines is 1. The number of nitrogens with one attached hydrogen (secondary N) is 1. The van der Waals surface area contributed by atoms with Gasteiger partial charge in [-0.25, -0.2) is 4.79 Å². The molecule has 0 spiro atoms. The predicted molar refractivity (Wildman–Crippen MR) is 119 cm³/mol. The summed E-state index contributed by atoms with van der Waals surface area (Å²) >= 11 is 5.95. The summed E-state index contributed by atoms with van der Waals surface area (Å²) in [6.07, 6.45) is -0.0733. The molecule has 4 rings (SSSR count). The Morgan fingerprint density at radius 3 is 2.56 bits per heavy atom. The predicted octanol–water partition coefficient (Wildman–Crippen LogP) is 5.11. The lowest BCUT2D eigenvalue weighted by molar-refractivity contribution is -0.115. The molecule has 0 bridgehead atoms. The van der Waals surface area contributed by atoms with Crippen molar-refractivity contribution in [1.29, 1.82) is 0 Å². The van der Waals surface area contributed by atoms with Crippen LogP contribution in [0.2, 0.25) is 5.02 Å². The number of hydrogen-bond acceptors (Lipinski definition) is 7. The molecule has 164 valence electrons. The first-order chi connectivity index (χ1) is 15.4. The number of fused-ring (bicyclic) bond motifs is 1. The summed E-state index contributed by atoms with van der Waals surface area (Å²) in [5.41, 5.74) is 3.97. The molecule has 0 aliphatic carbocycles. The maximum Gasteiger partial charge on any atom is 0.346 e. The van der Waals surface area contributed by atoms with Crippen LogP contribution in [0.15, 0.2) is 45.4 Å². The Labute approximate surface area is 188 Å². The minimum Gasteiger partial charge on any atom is -0.462 e. The molecule has 1 N–H and O–H groups in total. The van der Waals surface area contributed by atoms with Crippen LogP contribution in [-0.2, 0) is 16.0 Å². The van der Waals surface area contributed by atoms with Crippen LogP contribution in [0.25, 0.3) is 22.2 Å². The molecule has 0 aliphatic heterocycles. The Hall–Kier alpha value is -3.65. The molecule has 0 aliphatic rings. The number of carbonyl (C=O) groups excluding carboxylic acids is 2. The Kier molecular flexibility index (Phi) is 5.96. The van der Waals surface area contributed by atoms with E-state index in [0.717, 1.165) is 16.5 Å². The molecule has 0 radical (unpaired) electrons. The Morgan fingerprint density at radius 2 is 1.84 bits per heavy atom. The molecule has 0 fully saturated rings. The average molecular weight is 454 g/mol. The van der Waals surface area contributed by atoms with Crippen LogP contribution in [0.5, 0.6) is 0 Å². The third-order valence-corrected chi connectivity index (χ3v) is 5.11. The second kappa shape index (κ2) is 8.84. The zero-order chi connectivity index (χ0) is 22.8. The number of ether oxygens (including phenoxy) is 1. The van der Waals surface area contributed by atoms with Gasteiger partial charge in [0.2, 0.25) is 11.8 Å². The molecule has 9 heteroatoms. The number of hydrogen-bond donors (Lipinski definition) is 1. The van der Waals surface area contributed by atoms with Crippen LogP contribution in [-0.4, -0.2) is 28.8 Å². The molecule has 0 atom stereocenters. The third kappa shape index (κ3) is 4.22. The van der Waals surface area contributed by atoms with E-state index in [9.17, 15) is 9.59 Å². The molecule has 0 unspecified atom stereocenters. The second-order valence-corrected chi connectivity index (χ2v) is 7.71. The summed E-state index contributed by atoms with van der Waals surface area (Å²) in [5, 5.41) is 11.9. The minimum atomic E-state index is -0.660. The summed E-state index contributed by atoms with van der Waals surface area (Å²) in [6.45, 7) is 5.73. The molecular formula is C23H20ClN3O5. The Bertz CT molecular complexity index is 1310. The van der Waals surface area contributed by atoms with Crippen molar-refractivity contribution in [3.05, 3.63) is 63.8 Å². The van der Waals surface area contributed by atoms with Gasteiger partial charge in [0.25, 0.3) is 0 Å². The first kappa shape index (κ1) is 21.6. The fourth-order valence-corrected chi connectivity index (χ4v) is 3.66. The number of aromatic nitrogens is 2. The maximum atomic E-state index is 12.8. The monoisotopic (exact) mass is 453 g/mol. The van der Waals surface area contributed by atoms with Crippen molar-refractivity contribution in [2.75, 3.05) is 11.9 Å². The van der Waals surface area contributed by atoms with E-state index in [4.69, 9.17) is 25.4 Å². The number of benzene rings is 2. The standard InChI is InChI=1S/C23H20ClN3O5/c1-4-30-23(29)20-21(14-5-7-15(24)8-6-14)27-32-22(20)25-18(28)11-16-19-13(3)9-12(2)10-17(19)31-26-16/h5-10H,4,11H2,1-3H3,(H,25,28). The molecule has 2 aromatic heterocycles. The van der Waals surface area contributed by atoms with Crippen LogP contribution in [0.3, 0.4) is 0 Å². The SMILES string of the molecule is CCOC(=O)c1c(-c2ccc(Cl)cc2)noc1NC(=O)Cc1noc2cc(C)cc(C)c12. The maximum absolute atomic E-state index is 12.8. The number of carbonyl (C=O) groups is 2. The van der Waals surface area contributed by atoms with E-state index < -0.39 is 11.9 Å². The van der Waals surface area contributed by atoms with E-state index in [2.05, 4.69) is 15.6 Å². The van der Waals surface area contributed by atoms with Gasteiger partial charge < -0.3 is 13.8 Å². The molecule has 2 aromatic carbocycles. The van der Waals surface area contributed by atoms with Crippen LogP contribution < -0.4 is 5.32 Å². The van der Waals surface area contributed by atoms with E-state index in [1.807, 2.05) is 26.0 Å². The summed E-state index contributed by atoms with van der Waals surface area (Å²) in [5.74, 6) is -1.20. The van der Waals surface area contributed by atoms with Gasteiger partial charge in [-0.05, 0) is 50.1 Å². The number of rotatable bonds is 6. The van der Waals surface area contributed by atoms with Crippen LogP contribution in [0, 0.1) is 13.8 Å². The van der Waals surface area contributed by atoms with Crippen molar-refractivity contribution in [1.82, 2.24) is 10.3 Å². The first-order valence-electron chi connectivity index (χ1n) is 9.95.